The van der Waals surface area contributed by atoms with E-state index in [9.17, 15) is 9.59 Å². The van der Waals surface area contributed by atoms with Gasteiger partial charge in [-0.2, -0.15) is 0 Å². The van der Waals surface area contributed by atoms with Crippen LogP contribution in [0, 0.1) is 0 Å². The van der Waals surface area contributed by atoms with E-state index in [0.717, 1.165) is 22.6 Å². The first-order valence-corrected chi connectivity index (χ1v) is 12.1. The lowest BCUT2D eigenvalue weighted by Gasteiger charge is -2.18. The molecule has 1 heterocycles. The fourth-order valence-corrected chi connectivity index (χ4v) is 4.66. The highest BCUT2D eigenvalue weighted by Gasteiger charge is 2.18. The van der Waals surface area contributed by atoms with Crippen LogP contribution in [0.5, 0.6) is 5.75 Å². The van der Waals surface area contributed by atoms with Crippen LogP contribution in [0.4, 0.5) is 0 Å². The Kier molecular flexibility index (Phi) is 7.33. The normalized spacial score (nSPS) is 11.1. The third-order valence-corrected chi connectivity index (χ3v) is 6.48. The van der Waals surface area contributed by atoms with E-state index in [-0.39, 0.29) is 23.1 Å². The van der Waals surface area contributed by atoms with Gasteiger partial charge in [0.1, 0.15) is 5.75 Å². The average Bonchev–Trinajstić information content (AvgIpc) is 2.86. The molecule has 1 amide bonds. The van der Waals surface area contributed by atoms with Crippen LogP contribution < -0.4 is 15.6 Å². The standard InChI is InChI=1S/C27H27N3O3S/c1-18(2)20-11-6-8-14-23(20)30-26(32)21-12-5-7-13-22(21)29-27(30)34-17-25(31)28-16-19-10-4-9-15-24(19)33-3/h4-15,18H,16-17H2,1-3H3,(H,28,31). The lowest BCUT2D eigenvalue weighted by Crippen LogP contribution is -2.26. The quantitative estimate of drug-likeness (QED) is 0.290. The third-order valence-electron chi connectivity index (χ3n) is 5.55. The molecule has 0 radical (unpaired) electrons. The number of fused-ring (bicyclic) bond motifs is 1. The molecule has 0 saturated carbocycles. The van der Waals surface area contributed by atoms with Crippen molar-refractivity contribution in [3.63, 3.8) is 0 Å². The average molecular weight is 474 g/mol. The van der Waals surface area contributed by atoms with Gasteiger partial charge in [0.15, 0.2) is 5.16 Å². The largest absolute Gasteiger partial charge is 0.496 e. The van der Waals surface area contributed by atoms with Crippen molar-refractivity contribution in [2.75, 3.05) is 12.9 Å². The predicted molar refractivity (Wildman–Crippen MR) is 137 cm³/mol. The Morgan fingerprint density at radius 1 is 1.03 bits per heavy atom. The molecule has 174 valence electrons. The van der Waals surface area contributed by atoms with Gasteiger partial charge in [-0.1, -0.05) is 74.1 Å². The molecular weight excluding hydrogens is 446 g/mol. The zero-order valence-corrected chi connectivity index (χ0v) is 20.3. The van der Waals surface area contributed by atoms with Crippen molar-refractivity contribution in [3.05, 3.63) is 94.3 Å². The maximum absolute atomic E-state index is 13.5. The summed E-state index contributed by atoms with van der Waals surface area (Å²) in [4.78, 5) is 31.0. The number of methoxy groups -OCH3 is 1. The number of rotatable bonds is 8. The fourth-order valence-electron chi connectivity index (χ4n) is 3.82. The molecule has 0 unspecified atom stereocenters. The molecule has 0 aliphatic carbocycles. The second-order valence-corrected chi connectivity index (χ2v) is 9.09. The number of aromatic nitrogens is 2. The van der Waals surface area contributed by atoms with Gasteiger partial charge in [0.05, 0.1) is 29.5 Å². The number of para-hydroxylation sites is 3. The number of hydrogen-bond donors (Lipinski definition) is 1. The van der Waals surface area contributed by atoms with Gasteiger partial charge < -0.3 is 10.1 Å². The van der Waals surface area contributed by atoms with E-state index in [0.29, 0.717) is 22.6 Å². The Morgan fingerprint density at radius 2 is 1.74 bits per heavy atom. The molecule has 4 rings (SSSR count). The summed E-state index contributed by atoms with van der Waals surface area (Å²) >= 11 is 1.25. The summed E-state index contributed by atoms with van der Waals surface area (Å²) < 4.78 is 6.99. The molecule has 0 atom stereocenters. The molecule has 0 bridgehead atoms. The van der Waals surface area contributed by atoms with Crippen molar-refractivity contribution in [1.29, 1.82) is 0 Å². The van der Waals surface area contributed by atoms with E-state index in [1.165, 1.54) is 11.8 Å². The molecule has 1 aromatic heterocycles. The second-order valence-electron chi connectivity index (χ2n) is 8.14. The van der Waals surface area contributed by atoms with Crippen LogP contribution in [-0.2, 0) is 11.3 Å². The van der Waals surface area contributed by atoms with Gasteiger partial charge in [0.2, 0.25) is 5.91 Å². The van der Waals surface area contributed by atoms with E-state index < -0.39 is 0 Å². The highest BCUT2D eigenvalue weighted by molar-refractivity contribution is 7.99. The molecule has 6 nitrogen and oxygen atoms in total. The first-order valence-electron chi connectivity index (χ1n) is 11.1. The summed E-state index contributed by atoms with van der Waals surface area (Å²) in [6.07, 6.45) is 0. The molecular formula is C27H27N3O3S. The lowest BCUT2D eigenvalue weighted by atomic mass is 10.0. The number of carbonyl (C=O) groups is 1. The smallest absolute Gasteiger partial charge is 0.266 e. The molecule has 0 aliphatic rings. The van der Waals surface area contributed by atoms with E-state index in [2.05, 4.69) is 19.2 Å². The molecule has 3 aromatic carbocycles. The first-order chi connectivity index (χ1) is 16.5. The summed E-state index contributed by atoms with van der Waals surface area (Å²) in [6, 6.07) is 22.7. The van der Waals surface area contributed by atoms with E-state index >= 15 is 0 Å². The van der Waals surface area contributed by atoms with E-state index in [4.69, 9.17) is 9.72 Å². The molecule has 0 fully saturated rings. The number of ether oxygens (including phenoxy) is 1. The summed E-state index contributed by atoms with van der Waals surface area (Å²) in [6.45, 7) is 4.55. The van der Waals surface area contributed by atoms with Gasteiger partial charge >= 0.3 is 0 Å². The number of nitrogens with one attached hydrogen (secondary N) is 1. The SMILES string of the molecule is COc1ccccc1CNC(=O)CSc1nc2ccccc2c(=O)n1-c1ccccc1C(C)C. The van der Waals surface area contributed by atoms with Crippen LogP contribution in [0.2, 0.25) is 0 Å². The van der Waals surface area contributed by atoms with Crippen LogP contribution >= 0.6 is 11.8 Å². The molecule has 0 aliphatic heterocycles. The summed E-state index contributed by atoms with van der Waals surface area (Å²) in [7, 11) is 1.61. The Balaban J connectivity index is 1.64. The summed E-state index contributed by atoms with van der Waals surface area (Å²) in [5.41, 5.74) is 3.20. The van der Waals surface area contributed by atoms with E-state index in [1.807, 2.05) is 66.7 Å². The minimum absolute atomic E-state index is 0.129. The monoisotopic (exact) mass is 473 g/mol. The minimum atomic E-state index is -0.151. The number of hydrogen-bond acceptors (Lipinski definition) is 5. The zero-order valence-electron chi connectivity index (χ0n) is 19.4. The number of benzene rings is 3. The summed E-state index contributed by atoms with van der Waals surface area (Å²) in [5, 5.41) is 3.97. The zero-order chi connectivity index (χ0) is 24.1. The van der Waals surface area contributed by atoms with Gasteiger partial charge in [-0.05, 0) is 35.7 Å². The second kappa shape index (κ2) is 10.6. The van der Waals surface area contributed by atoms with Crippen molar-refractivity contribution in [2.24, 2.45) is 0 Å². The van der Waals surface area contributed by atoms with Gasteiger partial charge in [-0.3, -0.25) is 14.2 Å². The predicted octanol–water partition coefficient (Wildman–Crippen LogP) is 4.93. The minimum Gasteiger partial charge on any atom is -0.496 e. The first kappa shape index (κ1) is 23.6. The Hall–Kier alpha value is -3.58. The molecule has 4 aromatic rings. The number of carbonyl (C=O) groups excluding carboxylic acids is 1. The van der Waals surface area contributed by atoms with Crippen molar-refractivity contribution < 1.29 is 9.53 Å². The molecule has 1 N–H and O–H groups in total. The Bertz CT molecular complexity index is 1380. The Labute approximate surface area is 203 Å². The van der Waals surface area contributed by atoms with Crippen LogP contribution in [0.15, 0.2) is 82.7 Å². The van der Waals surface area contributed by atoms with Crippen LogP contribution in [0.25, 0.3) is 16.6 Å². The number of amides is 1. The van der Waals surface area contributed by atoms with Crippen molar-refractivity contribution in [2.45, 2.75) is 31.5 Å². The Morgan fingerprint density at radius 3 is 2.53 bits per heavy atom. The fraction of sp³-hybridized carbons (Fsp3) is 0.222. The molecule has 7 heteroatoms. The molecule has 34 heavy (non-hydrogen) atoms. The highest BCUT2D eigenvalue weighted by atomic mass is 32.2. The van der Waals surface area contributed by atoms with Gasteiger partial charge in [-0.15, -0.1) is 0 Å². The topological polar surface area (TPSA) is 73.2 Å². The van der Waals surface area contributed by atoms with Crippen molar-refractivity contribution in [1.82, 2.24) is 14.9 Å². The van der Waals surface area contributed by atoms with Crippen molar-refractivity contribution in [3.8, 4) is 11.4 Å². The molecule has 0 saturated heterocycles. The summed E-state index contributed by atoms with van der Waals surface area (Å²) in [5.74, 6) is 0.924. The van der Waals surface area contributed by atoms with Crippen LogP contribution in [-0.4, -0.2) is 28.3 Å². The van der Waals surface area contributed by atoms with Crippen molar-refractivity contribution >= 4 is 28.6 Å². The number of nitrogens with zero attached hydrogens (tertiary/aromatic N) is 2. The van der Waals surface area contributed by atoms with E-state index in [1.54, 1.807) is 17.7 Å². The van der Waals surface area contributed by atoms with Gasteiger partial charge in [0, 0.05) is 12.1 Å². The molecule has 0 spiro atoms. The highest BCUT2D eigenvalue weighted by Crippen LogP contribution is 2.27. The van der Waals surface area contributed by atoms with Crippen LogP contribution in [0.3, 0.4) is 0 Å². The number of thioether (sulfide) groups is 1. The lowest BCUT2D eigenvalue weighted by molar-refractivity contribution is -0.118. The van der Waals surface area contributed by atoms with Gasteiger partial charge in [-0.25, -0.2) is 4.98 Å². The maximum Gasteiger partial charge on any atom is 0.266 e. The third kappa shape index (κ3) is 4.99. The maximum atomic E-state index is 13.5. The van der Waals surface area contributed by atoms with Gasteiger partial charge in [0.25, 0.3) is 5.56 Å². The van der Waals surface area contributed by atoms with Crippen LogP contribution in [0.1, 0.15) is 30.9 Å².